The van der Waals surface area contributed by atoms with E-state index in [1.54, 1.807) is 6.92 Å². The lowest BCUT2D eigenvalue weighted by Crippen LogP contribution is -2.25. The Kier molecular flexibility index (Phi) is 6.83. The third-order valence-corrected chi connectivity index (χ3v) is 3.17. The number of nitrogens with zero attached hydrogens (tertiary/aromatic N) is 1. The first-order valence-corrected chi connectivity index (χ1v) is 7.27. The van der Waals surface area contributed by atoms with E-state index >= 15 is 0 Å². The molecular formula is C15H16F5NO4. The van der Waals surface area contributed by atoms with Gasteiger partial charge < -0.3 is 9.47 Å². The van der Waals surface area contributed by atoms with Crippen LogP contribution in [0.3, 0.4) is 0 Å². The fourth-order valence-corrected chi connectivity index (χ4v) is 2.27. The average Bonchev–Trinajstić information content (AvgIpc) is 2.52. The minimum Gasteiger partial charge on any atom is -0.465 e. The summed E-state index contributed by atoms with van der Waals surface area (Å²) in [5.74, 6) is -2.69. The van der Waals surface area contributed by atoms with Gasteiger partial charge in [0.15, 0.2) is 5.69 Å². The van der Waals surface area contributed by atoms with Crippen LogP contribution >= 0.6 is 0 Å². The summed E-state index contributed by atoms with van der Waals surface area (Å²) >= 11 is 0. The Labute approximate surface area is 140 Å². The largest absolute Gasteiger partial charge is 0.465 e. The highest BCUT2D eigenvalue weighted by Crippen LogP contribution is 2.37. The third-order valence-electron chi connectivity index (χ3n) is 3.17. The van der Waals surface area contributed by atoms with Gasteiger partial charge in [-0.15, -0.1) is 0 Å². The number of halogens is 5. The summed E-state index contributed by atoms with van der Waals surface area (Å²) in [4.78, 5) is 26.8. The molecule has 0 radical (unpaired) electrons. The number of aromatic nitrogens is 1. The fourth-order valence-electron chi connectivity index (χ4n) is 2.27. The van der Waals surface area contributed by atoms with E-state index in [0.29, 0.717) is 0 Å². The van der Waals surface area contributed by atoms with Crippen molar-refractivity contribution in [2.45, 2.75) is 39.3 Å². The average molecular weight is 369 g/mol. The molecule has 1 aromatic heterocycles. The Morgan fingerprint density at radius 2 is 1.72 bits per heavy atom. The van der Waals surface area contributed by atoms with Crippen molar-refractivity contribution in [1.29, 1.82) is 0 Å². The molecule has 0 aromatic carbocycles. The van der Waals surface area contributed by atoms with Gasteiger partial charge in [-0.1, -0.05) is 13.3 Å². The van der Waals surface area contributed by atoms with Gasteiger partial charge in [-0.25, -0.2) is 23.4 Å². The second-order valence-electron chi connectivity index (χ2n) is 4.83. The Hall–Kier alpha value is -2.26. The number of hydrogen-bond acceptors (Lipinski definition) is 5. The number of ether oxygens (including phenoxy) is 2. The molecule has 1 heterocycles. The fraction of sp³-hybridized carbons (Fsp3) is 0.533. The first-order valence-electron chi connectivity index (χ1n) is 7.27. The van der Waals surface area contributed by atoms with Crippen molar-refractivity contribution in [3.63, 3.8) is 0 Å². The zero-order chi connectivity index (χ0) is 19.4. The Balaban J connectivity index is 3.98. The van der Waals surface area contributed by atoms with Crippen LogP contribution in [0.5, 0.6) is 0 Å². The lowest BCUT2D eigenvalue weighted by Gasteiger charge is -2.20. The van der Waals surface area contributed by atoms with Gasteiger partial charge >= 0.3 is 18.1 Å². The van der Waals surface area contributed by atoms with Crippen molar-refractivity contribution >= 4 is 11.9 Å². The summed E-state index contributed by atoms with van der Waals surface area (Å²) < 4.78 is 75.4. The maximum atomic E-state index is 13.3. The second-order valence-corrected chi connectivity index (χ2v) is 4.83. The van der Waals surface area contributed by atoms with Crippen molar-refractivity contribution in [3.05, 3.63) is 28.1 Å². The van der Waals surface area contributed by atoms with E-state index in [4.69, 9.17) is 0 Å². The van der Waals surface area contributed by atoms with Gasteiger partial charge in [-0.05, 0) is 18.9 Å². The van der Waals surface area contributed by atoms with E-state index in [1.807, 2.05) is 0 Å². The molecule has 0 aliphatic rings. The van der Waals surface area contributed by atoms with E-state index in [1.165, 1.54) is 6.92 Å². The molecule has 25 heavy (non-hydrogen) atoms. The van der Waals surface area contributed by atoms with Crippen molar-refractivity contribution in [2.24, 2.45) is 0 Å². The van der Waals surface area contributed by atoms with Crippen LogP contribution in [0.4, 0.5) is 22.0 Å². The standard InChI is InChI=1S/C15H16F5NO4/c1-4-6-7-8(13(22)24-3)10(12(16)17)21-11(15(18,19)20)9(7)14(23)25-5-2/h12H,4-6H2,1-3H3. The van der Waals surface area contributed by atoms with E-state index in [2.05, 4.69) is 14.5 Å². The van der Waals surface area contributed by atoms with Crippen LogP contribution in [0.15, 0.2) is 0 Å². The minimum absolute atomic E-state index is 0.181. The van der Waals surface area contributed by atoms with Crippen LogP contribution in [-0.4, -0.2) is 30.6 Å². The molecule has 1 rings (SSSR count). The molecule has 0 spiro atoms. The molecular weight excluding hydrogens is 353 g/mol. The molecule has 1 aromatic rings. The number of carbonyl (C=O) groups is 2. The highest BCUT2D eigenvalue weighted by atomic mass is 19.4. The zero-order valence-corrected chi connectivity index (χ0v) is 13.7. The summed E-state index contributed by atoms with van der Waals surface area (Å²) in [6, 6.07) is 0. The summed E-state index contributed by atoms with van der Waals surface area (Å²) in [5.41, 5.74) is -5.57. The lowest BCUT2D eigenvalue weighted by atomic mass is 9.94. The van der Waals surface area contributed by atoms with Crippen LogP contribution in [0.1, 0.15) is 64.4 Å². The monoisotopic (exact) mass is 369 g/mol. The van der Waals surface area contributed by atoms with Crippen molar-refractivity contribution in [3.8, 4) is 0 Å². The third kappa shape index (κ3) is 4.43. The quantitative estimate of drug-likeness (QED) is 0.561. The number of methoxy groups -OCH3 is 1. The first-order chi connectivity index (χ1) is 11.6. The number of esters is 2. The molecule has 0 aliphatic carbocycles. The molecule has 0 unspecified atom stereocenters. The van der Waals surface area contributed by atoms with Crippen LogP contribution in [0.2, 0.25) is 0 Å². The molecule has 0 N–H and O–H groups in total. The first kappa shape index (κ1) is 20.8. The van der Waals surface area contributed by atoms with Gasteiger partial charge in [0, 0.05) is 0 Å². The molecule has 140 valence electrons. The summed E-state index contributed by atoms with van der Waals surface area (Å²) in [6.45, 7) is 2.67. The Morgan fingerprint density at radius 3 is 2.12 bits per heavy atom. The highest BCUT2D eigenvalue weighted by molar-refractivity contribution is 5.99. The van der Waals surface area contributed by atoms with Crippen LogP contribution in [0.25, 0.3) is 0 Å². The Bertz CT molecular complexity index is 658. The topological polar surface area (TPSA) is 65.5 Å². The van der Waals surface area contributed by atoms with Gasteiger partial charge in [-0.2, -0.15) is 13.2 Å². The number of rotatable bonds is 6. The number of hydrogen-bond donors (Lipinski definition) is 0. The van der Waals surface area contributed by atoms with E-state index in [9.17, 15) is 31.5 Å². The maximum absolute atomic E-state index is 13.3. The zero-order valence-electron chi connectivity index (χ0n) is 13.7. The molecule has 5 nitrogen and oxygen atoms in total. The minimum atomic E-state index is -5.19. The van der Waals surface area contributed by atoms with E-state index < -0.39 is 52.6 Å². The van der Waals surface area contributed by atoms with E-state index in [0.717, 1.165) is 7.11 Å². The van der Waals surface area contributed by atoms with Gasteiger partial charge in [0.25, 0.3) is 6.43 Å². The summed E-state index contributed by atoms with van der Waals surface area (Å²) in [5, 5.41) is 0. The van der Waals surface area contributed by atoms with Gasteiger partial charge in [0.1, 0.15) is 5.69 Å². The second kappa shape index (κ2) is 8.21. The summed E-state index contributed by atoms with van der Waals surface area (Å²) in [7, 11) is 0.884. The Morgan fingerprint density at radius 1 is 1.12 bits per heavy atom. The van der Waals surface area contributed by atoms with Crippen LogP contribution < -0.4 is 0 Å². The van der Waals surface area contributed by atoms with Gasteiger partial charge in [0.2, 0.25) is 0 Å². The maximum Gasteiger partial charge on any atom is 0.434 e. The number of alkyl halides is 5. The predicted octanol–water partition coefficient (Wildman–Crippen LogP) is 3.95. The highest BCUT2D eigenvalue weighted by Gasteiger charge is 2.42. The molecule has 0 saturated heterocycles. The van der Waals surface area contributed by atoms with Crippen LogP contribution in [0, 0.1) is 0 Å². The van der Waals surface area contributed by atoms with Crippen molar-refractivity contribution in [2.75, 3.05) is 13.7 Å². The molecule has 0 amide bonds. The molecule has 0 fully saturated rings. The van der Waals surface area contributed by atoms with Gasteiger partial charge in [-0.3, -0.25) is 0 Å². The molecule has 0 atom stereocenters. The number of pyridine rings is 1. The van der Waals surface area contributed by atoms with Crippen molar-refractivity contribution < 1.29 is 41.0 Å². The molecule has 0 bridgehead atoms. The molecule has 0 aliphatic heterocycles. The van der Waals surface area contributed by atoms with E-state index in [-0.39, 0.29) is 19.4 Å². The van der Waals surface area contributed by atoms with Crippen LogP contribution in [-0.2, 0) is 22.1 Å². The molecule has 10 heteroatoms. The normalized spacial score (nSPS) is 11.6. The predicted molar refractivity (Wildman–Crippen MR) is 75.5 cm³/mol. The molecule has 0 saturated carbocycles. The number of carbonyl (C=O) groups excluding carboxylic acids is 2. The van der Waals surface area contributed by atoms with Gasteiger partial charge in [0.05, 0.1) is 24.8 Å². The SMILES string of the molecule is CCCc1c(C(=O)OC)c(C(F)F)nc(C(F)(F)F)c1C(=O)OCC. The summed E-state index contributed by atoms with van der Waals surface area (Å²) in [6.07, 6.45) is -8.73. The van der Waals surface area contributed by atoms with Crippen molar-refractivity contribution in [1.82, 2.24) is 4.98 Å². The lowest BCUT2D eigenvalue weighted by molar-refractivity contribution is -0.142. The smallest absolute Gasteiger partial charge is 0.434 e.